The van der Waals surface area contributed by atoms with Crippen LogP contribution in [0.2, 0.25) is 0 Å². The zero-order valence-electron chi connectivity index (χ0n) is 15.8. The van der Waals surface area contributed by atoms with Crippen molar-refractivity contribution in [3.05, 3.63) is 78.4 Å². The summed E-state index contributed by atoms with van der Waals surface area (Å²) in [7, 11) is 2.03. The first-order valence-corrected chi connectivity index (χ1v) is 9.33. The third-order valence-electron chi connectivity index (χ3n) is 5.48. The molecule has 0 atom stereocenters. The van der Waals surface area contributed by atoms with Gasteiger partial charge in [-0.1, -0.05) is 42.5 Å². The number of carbonyl (C=O) groups is 1. The Balaban J connectivity index is 1.57. The minimum Gasteiger partial charge on any atom is -0.505 e. The largest absolute Gasteiger partial charge is 0.505 e. The van der Waals surface area contributed by atoms with Gasteiger partial charge in [-0.2, -0.15) is 0 Å². The van der Waals surface area contributed by atoms with Crippen LogP contribution in [0.25, 0.3) is 32.6 Å². The van der Waals surface area contributed by atoms with E-state index < -0.39 is 5.91 Å². The fourth-order valence-corrected chi connectivity index (χ4v) is 3.98. The highest BCUT2D eigenvalue weighted by Crippen LogP contribution is 2.35. The number of amides is 1. The number of phenolic OH excluding ortho intramolecular Hbond substituents is 1. The van der Waals surface area contributed by atoms with Gasteiger partial charge in [0.15, 0.2) is 5.75 Å². The van der Waals surface area contributed by atoms with Crippen molar-refractivity contribution in [2.24, 2.45) is 7.05 Å². The van der Waals surface area contributed by atoms with Crippen molar-refractivity contribution in [3.63, 3.8) is 0 Å². The van der Waals surface area contributed by atoms with Crippen LogP contribution in [0, 0.1) is 0 Å². The van der Waals surface area contributed by atoms with Gasteiger partial charge in [-0.05, 0) is 35.7 Å². The van der Waals surface area contributed by atoms with Crippen LogP contribution in [0.15, 0.2) is 72.8 Å². The number of rotatable bonds is 2. The number of aromatic nitrogens is 1. The summed E-state index contributed by atoms with van der Waals surface area (Å²) < 4.78 is 2.13. The summed E-state index contributed by atoms with van der Waals surface area (Å²) in [4.78, 5) is 12.9. The van der Waals surface area contributed by atoms with Crippen molar-refractivity contribution < 1.29 is 9.90 Å². The van der Waals surface area contributed by atoms with E-state index in [9.17, 15) is 9.90 Å². The van der Waals surface area contributed by atoms with Crippen molar-refractivity contribution in [1.29, 1.82) is 0 Å². The Morgan fingerprint density at radius 2 is 1.59 bits per heavy atom. The summed E-state index contributed by atoms with van der Waals surface area (Å²) in [6.07, 6.45) is 0. The van der Waals surface area contributed by atoms with Gasteiger partial charge in [-0.15, -0.1) is 0 Å². The monoisotopic (exact) mass is 381 g/mol. The van der Waals surface area contributed by atoms with E-state index in [2.05, 4.69) is 22.0 Å². The van der Waals surface area contributed by atoms with Gasteiger partial charge >= 0.3 is 0 Å². The van der Waals surface area contributed by atoms with Crippen molar-refractivity contribution in [1.82, 2.24) is 4.57 Å². The van der Waals surface area contributed by atoms with Crippen molar-refractivity contribution >= 4 is 49.9 Å². The summed E-state index contributed by atoms with van der Waals surface area (Å²) in [5, 5.41) is 17.1. The maximum absolute atomic E-state index is 12.9. The van der Waals surface area contributed by atoms with Crippen LogP contribution in [-0.4, -0.2) is 15.6 Å². The van der Waals surface area contributed by atoms with E-state index in [1.54, 1.807) is 6.07 Å². The number of nitrogens with one attached hydrogen (secondary N) is 1. The summed E-state index contributed by atoms with van der Waals surface area (Å²) in [5.74, 6) is -0.605. The molecule has 142 valence electrons. The van der Waals surface area contributed by atoms with Gasteiger partial charge in [0, 0.05) is 39.9 Å². The minimum atomic E-state index is -0.403. The number of hydrogen-bond donors (Lipinski definition) is 3. The van der Waals surface area contributed by atoms with Crippen LogP contribution in [0.1, 0.15) is 10.4 Å². The Kier molecular flexibility index (Phi) is 3.71. The minimum absolute atomic E-state index is 0.152. The first kappa shape index (κ1) is 17.1. The van der Waals surface area contributed by atoms with E-state index in [0.29, 0.717) is 5.69 Å². The first-order chi connectivity index (χ1) is 14.0. The van der Waals surface area contributed by atoms with Crippen LogP contribution < -0.4 is 11.1 Å². The fraction of sp³-hybridized carbons (Fsp3) is 0.0417. The normalized spacial score (nSPS) is 11.3. The van der Waals surface area contributed by atoms with Crippen LogP contribution >= 0.6 is 0 Å². The topological polar surface area (TPSA) is 80.3 Å². The number of nitrogen functional groups attached to an aromatic ring is 1. The van der Waals surface area contributed by atoms with Crippen molar-refractivity contribution in [2.45, 2.75) is 0 Å². The number of anilines is 2. The molecule has 1 aromatic heterocycles. The van der Waals surface area contributed by atoms with Crippen molar-refractivity contribution in [2.75, 3.05) is 11.1 Å². The molecule has 5 nitrogen and oxygen atoms in total. The summed E-state index contributed by atoms with van der Waals surface area (Å²) in [6, 6.07) is 23.0. The molecular weight excluding hydrogens is 362 g/mol. The van der Waals surface area contributed by atoms with Crippen LogP contribution in [-0.2, 0) is 7.05 Å². The van der Waals surface area contributed by atoms with E-state index in [1.165, 1.54) is 0 Å². The molecule has 29 heavy (non-hydrogen) atoms. The molecule has 5 heteroatoms. The number of fused-ring (bicyclic) bond motifs is 4. The van der Waals surface area contributed by atoms with Crippen LogP contribution in [0.4, 0.5) is 11.4 Å². The van der Waals surface area contributed by atoms with Gasteiger partial charge < -0.3 is 20.7 Å². The number of aromatic hydroxyl groups is 1. The molecule has 0 fully saturated rings. The second-order valence-corrected chi connectivity index (χ2v) is 7.17. The third-order valence-corrected chi connectivity index (χ3v) is 5.48. The van der Waals surface area contributed by atoms with E-state index in [4.69, 9.17) is 5.73 Å². The fourth-order valence-electron chi connectivity index (χ4n) is 3.98. The number of phenols is 1. The molecule has 0 aliphatic carbocycles. The maximum Gasteiger partial charge on any atom is 0.259 e. The average Bonchev–Trinajstić information content (AvgIpc) is 3.03. The zero-order valence-corrected chi connectivity index (χ0v) is 15.8. The van der Waals surface area contributed by atoms with Crippen molar-refractivity contribution in [3.8, 4) is 5.75 Å². The second kappa shape index (κ2) is 6.27. The van der Waals surface area contributed by atoms with E-state index in [0.717, 1.165) is 32.6 Å². The van der Waals surface area contributed by atoms with Gasteiger partial charge in [-0.3, -0.25) is 4.79 Å². The molecule has 4 N–H and O–H groups in total. The van der Waals surface area contributed by atoms with Gasteiger partial charge in [0.1, 0.15) is 0 Å². The third kappa shape index (κ3) is 2.59. The Labute approximate surface area is 167 Å². The van der Waals surface area contributed by atoms with Gasteiger partial charge in [0.2, 0.25) is 0 Å². The molecule has 1 amide bonds. The van der Waals surface area contributed by atoms with Gasteiger partial charge in [0.05, 0.1) is 11.3 Å². The maximum atomic E-state index is 12.9. The number of para-hydroxylation sites is 1. The van der Waals surface area contributed by atoms with E-state index in [1.807, 2.05) is 61.6 Å². The lowest BCUT2D eigenvalue weighted by atomic mass is 10.0. The molecule has 0 aliphatic heterocycles. The highest BCUT2D eigenvalue weighted by atomic mass is 16.3. The molecular formula is C24H19N3O2. The number of nitrogens with zero attached hydrogens (tertiary/aromatic N) is 1. The lowest BCUT2D eigenvalue weighted by Crippen LogP contribution is -2.12. The quantitative estimate of drug-likeness (QED) is 0.296. The Morgan fingerprint density at radius 1 is 0.897 bits per heavy atom. The molecule has 0 spiro atoms. The molecule has 4 aromatic carbocycles. The zero-order chi connectivity index (χ0) is 20.1. The molecule has 5 aromatic rings. The summed E-state index contributed by atoms with van der Waals surface area (Å²) in [6.45, 7) is 0. The predicted octanol–water partition coefficient (Wildman–Crippen LogP) is 5.02. The summed E-state index contributed by atoms with van der Waals surface area (Å²) in [5.41, 5.74) is 9.29. The van der Waals surface area contributed by atoms with E-state index in [-0.39, 0.29) is 17.0 Å². The lowest BCUT2D eigenvalue weighted by molar-refractivity contribution is 0.102. The molecule has 0 radical (unpaired) electrons. The smallest absolute Gasteiger partial charge is 0.259 e. The van der Waals surface area contributed by atoms with E-state index >= 15 is 0 Å². The molecule has 0 saturated heterocycles. The lowest BCUT2D eigenvalue weighted by Gasteiger charge is -2.11. The highest BCUT2D eigenvalue weighted by Gasteiger charge is 2.17. The highest BCUT2D eigenvalue weighted by molar-refractivity contribution is 6.14. The standard InChI is InChI=1S/C24H19N3O2/c1-27-20-9-5-4-8-17(20)18-13-15(10-11-21(18)27)26-24(29)19-12-14-6-2-3-7-16(14)22(25)23(19)28/h2-13,28H,25H2,1H3,(H,26,29). The molecule has 1 heterocycles. The Bertz CT molecular complexity index is 1430. The second-order valence-electron chi connectivity index (χ2n) is 7.17. The first-order valence-electron chi connectivity index (χ1n) is 9.33. The van der Waals surface area contributed by atoms with Gasteiger partial charge in [0.25, 0.3) is 5.91 Å². The van der Waals surface area contributed by atoms with Crippen LogP contribution in [0.3, 0.4) is 0 Å². The number of aryl methyl sites for hydroxylation is 1. The Morgan fingerprint density at radius 3 is 2.41 bits per heavy atom. The summed E-state index contributed by atoms with van der Waals surface area (Å²) >= 11 is 0. The molecule has 0 aliphatic rings. The molecule has 0 saturated carbocycles. The SMILES string of the molecule is Cn1c2ccccc2c2cc(NC(=O)c3cc4ccccc4c(N)c3O)ccc21. The number of carbonyl (C=O) groups excluding carboxylic acids is 1. The predicted molar refractivity (Wildman–Crippen MR) is 118 cm³/mol. The Hall–Kier alpha value is -3.99. The average molecular weight is 381 g/mol. The molecule has 0 bridgehead atoms. The molecule has 0 unspecified atom stereocenters. The number of benzene rings is 4. The van der Waals surface area contributed by atoms with Crippen LogP contribution in [0.5, 0.6) is 5.75 Å². The molecule has 5 rings (SSSR count). The number of hydrogen-bond acceptors (Lipinski definition) is 3. The number of nitrogens with two attached hydrogens (primary N) is 1. The van der Waals surface area contributed by atoms with Gasteiger partial charge in [-0.25, -0.2) is 0 Å².